The number of esters is 1. The standard InChI is InChI=1S/C15H30N2O3/c1-6-8-16-15(5,14(18)19-7-2)11-17-9-12(3)20-13(4)10-17/h12-13,16H,6-11H2,1-5H3. The number of hydrogen-bond donors (Lipinski definition) is 1. The molecule has 0 spiro atoms. The molecule has 0 aliphatic carbocycles. The van der Waals surface area contributed by atoms with E-state index in [2.05, 4.69) is 31.0 Å². The molecular weight excluding hydrogens is 256 g/mol. The predicted octanol–water partition coefficient (Wildman–Crippen LogP) is 1.42. The Morgan fingerprint density at radius 1 is 1.35 bits per heavy atom. The van der Waals surface area contributed by atoms with Gasteiger partial charge < -0.3 is 14.8 Å². The Kier molecular flexibility index (Phi) is 6.92. The Balaban J connectivity index is 2.70. The van der Waals surface area contributed by atoms with Crippen molar-refractivity contribution in [3.63, 3.8) is 0 Å². The number of rotatable bonds is 7. The summed E-state index contributed by atoms with van der Waals surface area (Å²) in [5.74, 6) is -0.166. The first-order chi connectivity index (χ1) is 9.41. The molecule has 0 aromatic carbocycles. The smallest absolute Gasteiger partial charge is 0.327 e. The van der Waals surface area contributed by atoms with Gasteiger partial charge in [-0.3, -0.25) is 9.69 Å². The van der Waals surface area contributed by atoms with Crippen molar-refractivity contribution < 1.29 is 14.3 Å². The van der Waals surface area contributed by atoms with Gasteiger partial charge in [0.05, 0.1) is 18.8 Å². The predicted molar refractivity (Wildman–Crippen MR) is 79.8 cm³/mol. The quantitative estimate of drug-likeness (QED) is 0.717. The minimum atomic E-state index is -0.650. The van der Waals surface area contributed by atoms with E-state index in [1.54, 1.807) is 0 Å². The van der Waals surface area contributed by atoms with E-state index in [1.807, 2.05) is 13.8 Å². The second-order valence-electron chi connectivity index (χ2n) is 5.93. The molecule has 0 aromatic heterocycles. The summed E-state index contributed by atoms with van der Waals surface area (Å²) in [6, 6.07) is 0. The van der Waals surface area contributed by atoms with E-state index in [4.69, 9.17) is 9.47 Å². The summed E-state index contributed by atoms with van der Waals surface area (Å²) in [5.41, 5.74) is -0.650. The van der Waals surface area contributed by atoms with Crippen LogP contribution in [-0.4, -0.2) is 61.4 Å². The highest BCUT2D eigenvalue weighted by atomic mass is 16.5. The number of nitrogens with one attached hydrogen (secondary N) is 1. The van der Waals surface area contributed by atoms with Crippen LogP contribution < -0.4 is 5.32 Å². The van der Waals surface area contributed by atoms with Gasteiger partial charge in [0, 0.05) is 19.6 Å². The lowest BCUT2D eigenvalue weighted by Gasteiger charge is -2.40. The monoisotopic (exact) mass is 286 g/mol. The van der Waals surface area contributed by atoms with E-state index in [-0.39, 0.29) is 18.2 Å². The third kappa shape index (κ3) is 5.04. The van der Waals surface area contributed by atoms with Gasteiger partial charge in [-0.25, -0.2) is 0 Å². The van der Waals surface area contributed by atoms with Gasteiger partial charge in [0.2, 0.25) is 0 Å². The lowest BCUT2D eigenvalue weighted by Crippen LogP contribution is -2.60. The molecule has 1 heterocycles. The van der Waals surface area contributed by atoms with Crippen LogP contribution in [0.3, 0.4) is 0 Å². The fourth-order valence-electron chi connectivity index (χ4n) is 2.74. The molecule has 0 aromatic rings. The average Bonchev–Trinajstić information content (AvgIpc) is 2.35. The molecule has 0 saturated carbocycles. The SMILES string of the molecule is CCCNC(C)(CN1CC(C)OC(C)C1)C(=O)OCC. The minimum Gasteiger partial charge on any atom is -0.465 e. The highest BCUT2D eigenvalue weighted by Gasteiger charge is 2.37. The Labute approximate surface area is 123 Å². The van der Waals surface area contributed by atoms with Gasteiger partial charge in [-0.05, 0) is 40.7 Å². The van der Waals surface area contributed by atoms with Crippen molar-refractivity contribution in [1.29, 1.82) is 0 Å². The Bertz CT molecular complexity index is 301. The first-order valence-corrected chi connectivity index (χ1v) is 7.71. The van der Waals surface area contributed by atoms with Crippen LogP contribution in [-0.2, 0) is 14.3 Å². The Morgan fingerprint density at radius 2 is 1.95 bits per heavy atom. The number of hydrogen-bond acceptors (Lipinski definition) is 5. The van der Waals surface area contributed by atoms with Crippen LogP contribution in [0.5, 0.6) is 0 Å². The first-order valence-electron chi connectivity index (χ1n) is 7.71. The van der Waals surface area contributed by atoms with Gasteiger partial charge in [0.1, 0.15) is 5.54 Å². The minimum absolute atomic E-state index is 0.166. The molecule has 1 aliphatic rings. The molecule has 1 rings (SSSR count). The summed E-state index contributed by atoms with van der Waals surface area (Å²) in [5, 5.41) is 3.35. The first kappa shape index (κ1) is 17.4. The topological polar surface area (TPSA) is 50.8 Å². The van der Waals surface area contributed by atoms with Crippen molar-refractivity contribution in [2.75, 3.05) is 32.8 Å². The van der Waals surface area contributed by atoms with E-state index >= 15 is 0 Å². The zero-order chi connectivity index (χ0) is 15.2. The summed E-state index contributed by atoms with van der Waals surface area (Å²) in [7, 11) is 0. The Hall–Kier alpha value is -0.650. The highest BCUT2D eigenvalue weighted by molar-refractivity contribution is 5.80. The lowest BCUT2D eigenvalue weighted by molar-refractivity contribution is -0.153. The van der Waals surface area contributed by atoms with Crippen LogP contribution in [0.25, 0.3) is 0 Å². The van der Waals surface area contributed by atoms with Crippen molar-refractivity contribution in [1.82, 2.24) is 10.2 Å². The summed E-state index contributed by atoms with van der Waals surface area (Å²) >= 11 is 0. The van der Waals surface area contributed by atoms with E-state index in [1.165, 1.54) is 0 Å². The maximum Gasteiger partial charge on any atom is 0.327 e. The molecule has 0 radical (unpaired) electrons. The van der Waals surface area contributed by atoms with Crippen LogP contribution in [0.1, 0.15) is 41.0 Å². The molecule has 1 N–H and O–H groups in total. The molecule has 5 heteroatoms. The summed E-state index contributed by atoms with van der Waals surface area (Å²) in [6.07, 6.45) is 1.40. The van der Waals surface area contributed by atoms with Gasteiger partial charge >= 0.3 is 5.97 Å². The van der Waals surface area contributed by atoms with Crippen LogP contribution in [0, 0.1) is 0 Å². The number of morpholine rings is 1. The molecule has 3 atom stereocenters. The van der Waals surface area contributed by atoms with E-state index < -0.39 is 5.54 Å². The molecule has 0 amide bonds. The second kappa shape index (κ2) is 7.96. The fourth-order valence-corrected chi connectivity index (χ4v) is 2.74. The van der Waals surface area contributed by atoms with Crippen molar-refractivity contribution in [2.24, 2.45) is 0 Å². The van der Waals surface area contributed by atoms with Crippen LogP contribution in [0.2, 0.25) is 0 Å². The van der Waals surface area contributed by atoms with Gasteiger partial charge in [-0.15, -0.1) is 0 Å². The highest BCUT2D eigenvalue weighted by Crippen LogP contribution is 2.16. The van der Waals surface area contributed by atoms with E-state index in [0.29, 0.717) is 13.2 Å². The summed E-state index contributed by atoms with van der Waals surface area (Å²) < 4.78 is 11.0. The van der Waals surface area contributed by atoms with Crippen molar-refractivity contribution >= 4 is 5.97 Å². The fraction of sp³-hybridized carbons (Fsp3) is 0.933. The molecule has 1 aliphatic heterocycles. The Morgan fingerprint density at radius 3 is 2.45 bits per heavy atom. The zero-order valence-corrected chi connectivity index (χ0v) is 13.6. The lowest BCUT2D eigenvalue weighted by atomic mass is 10.0. The van der Waals surface area contributed by atoms with Gasteiger partial charge in [0.15, 0.2) is 0 Å². The molecule has 118 valence electrons. The number of carbonyl (C=O) groups excluding carboxylic acids is 1. The molecule has 20 heavy (non-hydrogen) atoms. The summed E-state index contributed by atoms with van der Waals surface area (Å²) in [4.78, 5) is 14.6. The van der Waals surface area contributed by atoms with E-state index in [9.17, 15) is 4.79 Å². The molecule has 1 fully saturated rings. The van der Waals surface area contributed by atoms with Gasteiger partial charge in [-0.2, -0.15) is 0 Å². The average molecular weight is 286 g/mol. The summed E-state index contributed by atoms with van der Waals surface area (Å²) in [6.45, 7) is 13.6. The van der Waals surface area contributed by atoms with Gasteiger partial charge in [0.25, 0.3) is 0 Å². The maximum absolute atomic E-state index is 12.3. The normalized spacial score (nSPS) is 27.1. The number of ether oxygens (including phenoxy) is 2. The molecule has 0 bridgehead atoms. The largest absolute Gasteiger partial charge is 0.465 e. The third-order valence-electron chi connectivity index (χ3n) is 3.53. The van der Waals surface area contributed by atoms with Crippen molar-refractivity contribution in [3.8, 4) is 0 Å². The van der Waals surface area contributed by atoms with Crippen LogP contribution in [0.15, 0.2) is 0 Å². The molecule has 5 nitrogen and oxygen atoms in total. The number of nitrogens with zero attached hydrogens (tertiary/aromatic N) is 1. The second-order valence-corrected chi connectivity index (χ2v) is 5.93. The number of carbonyl (C=O) groups is 1. The van der Waals surface area contributed by atoms with Crippen molar-refractivity contribution in [3.05, 3.63) is 0 Å². The van der Waals surface area contributed by atoms with Gasteiger partial charge in [-0.1, -0.05) is 6.92 Å². The van der Waals surface area contributed by atoms with Crippen LogP contribution >= 0.6 is 0 Å². The van der Waals surface area contributed by atoms with Crippen molar-refractivity contribution in [2.45, 2.75) is 58.8 Å². The van der Waals surface area contributed by atoms with Crippen LogP contribution in [0.4, 0.5) is 0 Å². The van der Waals surface area contributed by atoms with E-state index in [0.717, 1.165) is 26.1 Å². The zero-order valence-electron chi connectivity index (χ0n) is 13.6. The maximum atomic E-state index is 12.3. The third-order valence-corrected chi connectivity index (χ3v) is 3.53. The molecule has 3 unspecified atom stereocenters. The molecular formula is C15H30N2O3. The molecule has 1 saturated heterocycles.